The van der Waals surface area contributed by atoms with Crippen LogP contribution < -0.4 is 10.6 Å². The molecule has 2 aromatic carbocycles. The molecule has 0 unspecified atom stereocenters. The van der Waals surface area contributed by atoms with Gasteiger partial charge in [0.15, 0.2) is 11.5 Å². The van der Waals surface area contributed by atoms with E-state index >= 15 is 0 Å². The number of carbonyl (C=O) groups is 1. The number of hydrogen-bond donors (Lipinski definition) is 2. The van der Waals surface area contributed by atoms with Crippen LogP contribution in [0.2, 0.25) is 0 Å². The molecule has 0 aliphatic rings. The number of hydrogen-bond acceptors (Lipinski definition) is 5. The van der Waals surface area contributed by atoms with E-state index in [1.54, 1.807) is 15.9 Å². The van der Waals surface area contributed by atoms with Crippen LogP contribution in [0.15, 0.2) is 84.2 Å². The molecule has 0 spiro atoms. The standard InChI is InChI=1S/C23H18N6OS/c30-23(24-15-16-6-2-1-3-7-16)25-18-9-4-8-17(14-18)19-11-12-21-26-27-22(29(21)28-19)20-10-5-13-31-20/h1-14H,15H2,(H2,24,25,30). The summed E-state index contributed by atoms with van der Waals surface area (Å²) in [5.41, 5.74) is 4.06. The number of carbonyl (C=O) groups excluding carboxylic acids is 1. The van der Waals surface area contributed by atoms with E-state index in [1.165, 1.54) is 0 Å². The van der Waals surface area contributed by atoms with E-state index in [0.29, 0.717) is 23.7 Å². The van der Waals surface area contributed by atoms with Crippen LogP contribution in [0.3, 0.4) is 0 Å². The van der Waals surface area contributed by atoms with E-state index in [4.69, 9.17) is 5.10 Å². The lowest BCUT2D eigenvalue weighted by molar-refractivity contribution is 0.251. The fourth-order valence-corrected chi connectivity index (χ4v) is 3.91. The summed E-state index contributed by atoms with van der Waals surface area (Å²) in [6.45, 7) is 0.462. The van der Waals surface area contributed by atoms with Crippen LogP contribution in [-0.4, -0.2) is 25.8 Å². The summed E-state index contributed by atoms with van der Waals surface area (Å²) >= 11 is 1.59. The van der Waals surface area contributed by atoms with Crippen molar-refractivity contribution in [3.63, 3.8) is 0 Å². The first-order chi connectivity index (χ1) is 15.3. The van der Waals surface area contributed by atoms with E-state index < -0.39 is 0 Å². The summed E-state index contributed by atoms with van der Waals surface area (Å²) in [4.78, 5) is 13.3. The molecule has 0 aliphatic heterocycles. The summed E-state index contributed by atoms with van der Waals surface area (Å²) in [6, 6.07) is 24.9. The van der Waals surface area contributed by atoms with Gasteiger partial charge in [0.25, 0.3) is 0 Å². The van der Waals surface area contributed by atoms with Gasteiger partial charge in [0.1, 0.15) is 0 Å². The monoisotopic (exact) mass is 426 g/mol. The third-order valence-electron chi connectivity index (χ3n) is 4.72. The second-order valence-electron chi connectivity index (χ2n) is 6.86. The van der Waals surface area contributed by atoms with Gasteiger partial charge in [-0.25, -0.2) is 4.79 Å². The molecule has 5 aromatic rings. The van der Waals surface area contributed by atoms with Crippen LogP contribution in [0.25, 0.3) is 27.6 Å². The lowest BCUT2D eigenvalue weighted by Crippen LogP contribution is -2.28. The molecule has 3 aromatic heterocycles. The summed E-state index contributed by atoms with van der Waals surface area (Å²) in [6.07, 6.45) is 0. The molecule has 2 amide bonds. The van der Waals surface area contributed by atoms with Gasteiger partial charge in [0.05, 0.1) is 10.6 Å². The molecular weight excluding hydrogens is 408 g/mol. The third kappa shape index (κ3) is 4.15. The fourth-order valence-electron chi connectivity index (χ4n) is 3.21. The Morgan fingerprint density at radius 2 is 1.84 bits per heavy atom. The maximum atomic E-state index is 12.3. The van der Waals surface area contributed by atoms with Crippen LogP contribution in [0.5, 0.6) is 0 Å². The minimum Gasteiger partial charge on any atom is -0.334 e. The first-order valence-corrected chi connectivity index (χ1v) is 10.6. The molecular formula is C23H18N6OS. The highest BCUT2D eigenvalue weighted by atomic mass is 32.1. The summed E-state index contributed by atoms with van der Waals surface area (Å²) in [5.74, 6) is 0.710. The fraction of sp³-hybridized carbons (Fsp3) is 0.0435. The topological polar surface area (TPSA) is 84.2 Å². The Kier molecular flexibility index (Phi) is 5.12. The highest BCUT2D eigenvalue weighted by Gasteiger charge is 2.12. The van der Waals surface area contributed by atoms with Crippen molar-refractivity contribution in [3.8, 4) is 22.0 Å². The predicted molar refractivity (Wildman–Crippen MR) is 122 cm³/mol. The van der Waals surface area contributed by atoms with Crippen molar-refractivity contribution in [3.05, 3.63) is 89.8 Å². The smallest absolute Gasteiger partial charge is 0.319 e. The van der Waals surface area contributed by atoms with Crippen molar-refractivity contribution in [2.24, 2.45) is 0 Å². The summed E-state index contributed by atoms with van der Waals surface area (Å²) in [5, 5.41) is 20.9. The molecule has 3 heterocycles. The minimum atomic E-state index is -0.261. The third-order valence-corrected chi connectivity index (χ3v) is 5.58. The number of aromatic nitrogens is 4. The number of amides is 2. The van der Waals surface area contributed by atoms with E-state index in [1.807, 2.05) is 84.2 Å². The summed E-state index contributed by atoms with van der Waals surface area (Å²) in [7, 11) is 0. The molecule has 0 fully saturated rings. The van der Waals surface area contributed by atoms with E-state index in [0.717, 1.165) is 21.7 Å². The Morgan fingerprint density at radius 3 is 2.68 bits per heavy atom. The molecule has 8 heteroatoms. The van der Waals surface area contributed by atoms with Crippen LogP contribution in [0.4, 0.5) is 10.5 Å². The number of fused-ring (bicyclic) bond motifs is 1. The number of rotatable bonds is 5. The maximum Gasteiger partial charge on any atom is 0.319 e. The van der Waals surface area contributed by atoms with Crippen molar-refractivity contribution in [1.29, 1.82) is 0 Å². The first kappa shape index (κ1) is 19.0. The SMILES string of the molecule is O=C(NCc1ccccc1)Nc1cccc(-c2ccc3nnc(-c4cccs4)n3n2)c1. The molecule has 0 aliphatic carbocycles. The summed E-state index contributed by atoms with van der Waals surface area (Å²) < 4.78 is 1.74. The van der Waals surface area contributed by atoms with Crippen molar-refractivity contribution in [2.45, 2.75) is 6.54 Å². The Morgan fingerprint density at radius 1 is 0.935 bits per heavy atom. The molecule has 0 bridgehead atoms. The quantitative estimate of drug-likeness (QED) is 0.421. The van der Waals surface area contributed by atoms with Crippen molar-refractivity contribution >= 4 is 28.7 Å². The van der Waals surface area contributed by atoms with Crippen molar-refractivity contribution < 1.29 is 4.79 Å². The Hall–Kier alpha value is -4.04. The number of benzene rings is 2. The van der Waals surface area contributed by atoms with Crippen LogP contribution >= 0.6 is 11.3 Å². The van der Waals surface area contributed by atoms with Gasteiger partial charge in [0, 0.05) is 17.8 Å². The number of nitrogens with zero attached hydrogens (tertiary/aromatic N) is 4. The van der Waals surface area contributed by atoms with Crippen LogP contribution in [0, 0.1) is 0 Å². The zero-order valence-corrected chi connectivity index (χ0v) is 17.2. The zero-order valence-electron chi connectivity index (χ0n) is 16.4. The van der Waals surface area contributed by atoms with Gasteiger partial charge < -0.3 is 10.6 Å². The highest BCUT2D eigenvalue weighted by molar-refractivity contribution is 7.13. The highest BCUT2D eigenvalue weighted by Crippen LogP contribution is 2.25. The second-order valence-corrected chi connectivity index (χ2v) is 7.81. The lowest BCUT2D eigenvalue weighted by atomic mass is 10.1. The van der Waals surface area contributed by atoms with Gasteiger partial charge in [0.2, 0.25) is 0 Å². The number of anilines is 1. The minimum absolute atomic E-state index is 0.261. The molecule has 7 nitrogen and oxygen atoms in total. The lowest BCUT2D eigenvalue weighted by Gasteiger charge is -2.09. The predicted octanol–water partition coefficient (Wildman–Crippen LogP) is 4.84. The van der Waals surface area contributed by atoms with Gasteiger partial charge in [-0.3, -0.25) is 0 Å². The van der Waals surface area contributed by atoms with Gasteiger partial charge >= 0.3 is 6.03 Å². The molecule has 0 atom stereocenters. The molecule has 2 N–H and O–H groups in total. The Bertz CT molecular complexity index is 1330. The number of urea groups is 1. The van der Waals surface area contributed by atoms with Crippen molar-refractivity contribution in [1.82, 2.24) is 25.1 Å². The van der Waals surface area contributed by atoms with E-state index in [-0.39, 0.29) is 6.03 Å². The Labute approximate surface area is 182 Å². The maximum absolute atomic E-state index is 12.3. The average Bonchev–Trinajstić information content (AvgIpc) is 3.48. The van der Waals surface area contributed by atoms with Gasteiger partial charge in [-0.15, -0.1) is 21.5 Å². The molecule has 0 saturated heterocycles. The zero-order chi connectivity index (χ0) is 21.0. The second kappa shape index (κ2) is 8.37. The largest absolute Gasteiger partial charge is 0.334 e. The number of nitrogens with one attached hydrogen (secondary N) is 2. The van der Waals surface area contributed by atoms with Gasteiger partial charge in [-0.2, -0.15) is 9.61 Å². The van der Waals surface area contributed by atoms with Crippen LogP contribution in [-0.2, 0) is 6.54 Å². The van der Waals surface area contributed by atoms with E-state index in [2.05, 4.69) is 20.8 Å². The molecule has 152 valence electrons. The van der Waals surface area contributed by atoms with E-state index in [9.17, 15) is 4.79 Å². The molecule has 0 radical (unpaired) electrons. The molecule has 0 saturated carbocycles. The van der Waals surface area contributed by atoms with Crippen molar-refractivity contribution in [2.75, 3.05) is 5.32 Å². The average molecular weight is 427 g/mol. The van der Waals surface area contributed by atoms with Gasteiger partial charge in [-0.1, -0.05) is 48.5 Å². The first-order valence-electron chi connectivity index (χ1n) is 9.72. The van der Waals surface area contributed by atoms with Crippen LogP contribution in [0.1, 0.15) is 5.56 Å². The number of thiophene rings is 1. The molecule has 5 rings (SSSR count). The normalized spacial score (nSPS) is 10.8. The molecule has 31 heavy (non-hydrogen) atoms. The Balaban J connectivity index is 1.35. The van der Waals surface area contributed by atoms with Gasteiger partial charge in [-0.05, 0) is 41.3 Å².